The van der Waals surface area contributed by atoms with Gasteiger partial charge < -0.3 is 16.0 Å². The first-order chi connectivity index (χ1) is 16.8. The van der Waals surface area contributed by atoms with Crippen LogP contribution < -0.4 is 20.3 Å². The summed E-state index contributed by atoms with van der Waals surface area (Å²) >= 11 is 0. The van der Waals surface area contributed by atoms with Crippen molar-refractivity contribution in [1.82, 2.24) is 15.0 Å². The zero-order valence-corrected chi connectivity index (χ0v) is 20.3. The quantitative estimate of drug-likeness (QED) is 0.431. The molecule has 0 saturated heterocycles. The monoisotopic (exact) mass is 521 g/mol. The second-order valence-corrected chi connectivity index (χ2v) is 10.2. The number of nitrogens with one attached hydrogen (secondary N) is 3. The molecule has 4 rings (SSSR count). The molecule has 10 nitrogen and oxygen atoms in total. The number of amides is 1. The number of benzene rings is 1. The second kappa shape index (κ2) is 9.26. The summed E-state index contributed by atoms with van der Waals surface area (Å²) in [7, 11) is -2.27. The number of fused-ring (bicyclic) bond motifs is 1. The van der Waals surface area contributed by atoms with E-state index in [1.165, 1.54) is 19.3 Å². The molecular weight excluding hydrogens is 499 g/mol. The molecular formula is C22H22F3N7O3S. The average molecular weight is 522 g/mol. The summed E-state index contributed by atoms with van der Waals surface area (Å²) in [5, 5.41) is 8.23. The minimum absolute atomic E-state index is 0.0980. The van der Waals surface area contributed by atoms with Gasteiger partial charge in [0.25, 0.3) is 0 Å². The summed E-state index contributed by atoms with van der Waals surface area (Å²) in [5.41, 5.74) is 1.93. The molecule has 3 N–H and O–H groups in total. The first kappa shape index (κ1) is 25.2. The Balaban J connectivity index is 1.64. The summed E-state index contributed by atoms with van der Waals surface area (Å²) in [4.78, 5) is 23.5. The number of anilines is 5. The van der Waals surface area contributed by atoms with Crippen molar-refractivity contribution in [2.75, 3.05) is 33.6 Å². The third-order valence-electron chi connectivity index (χ3n) is 5.60. The molecule has 0 saturated carbocycles. The lowest BCUT2D eigenvalue weighted by Gasteiger charge is -2.22. The molecule has 190 valence electrons. The predicted molar refractivity (Wildman–Crippen MR) is 129 cm³/mol. The smallest absolute Gasteiger partial charge is 0.365 e. The topological polar surface area (TPSA) is 129 Å². The van der Waals surface area contributed by atoms with Crippen molar-refractivity contribution in [3.63, 3.8) is 0 Å². The van der Waals surface area contributed by atoms with Crippen molar-refractivity contribution < 1.29 is 26.4 Å². The maximum absolute atomic E-state index is 13.7. The third kappa shape index (κ3) is 5.32. The van der Waals surface area contributed by atoms with Crippen molar-refractivity contribution >= 4 is 44.8 Å². The minimum atomic E-state index is -4.74. The lowest BCUT2D eigenvalue weighted by atomic mass is 10.1. The Hall–Kier alpha value is -3.94. The van der Waals surface area contributed by atoms with Gasteiger partial charge in [0.05, 0.1) is 18.4 Å². The van der Waals surface area contributed by atoms with Gasteiger partial charge in [0, 0.05) is 48.6 Å². The molecule has 1 aliphatic heterocycles. The van der Waals surface area contributed by atoms with E-state index < -0.39 is 27.6 Å². The number of sulfonamides is 1. The van der Waals surface area contributed by atoms with E-state index in [9.17, 15) is 26.4 Å². The molecule has 2 aromatic heterocycles. The molecule has 1 aliphatic rings. The van der Waals surface area contributed by atoms with Gasteiger partial charge in [-0.2, -0.15) is 18.2 Å². The Morgan fingerprint density at radius 2 is 1.94 bits per heavy atom. The van der Waals surface area contributed by atoms with Crippen LogP contribution in [0.25, 0.3) is 0 Å². The van der Waals surface area contributed by atoms with Crippen molar-refractivity contribution in [3.05, 3.63) is 59.0 Å². The van der Waals surface area contributed by atoms with E-state index in [-0.39, 0.29) is 30.5 Å². The van der Waals surface area contributed by atoms with Gasteiger partial charge in [-0.1, -0.05) is 0 Å². The van der Waals surface area contributed by atoms with Crippen molar-refractivity contribution in [2.24, 2.45) is 0 Å². The maximum Gasteiger partial charge on any atom is 0.421 e. The fourth-order valence-electron chi connectivity index (χ4n) is 3.67. The summed E-state index contributed by atoms with van der Waals surface area (Å²) in [6, 6.07) is 6.48. The van der Waals surface area contributed by atoms with Crippen LogP contribution in [0.2, 0.25) is 0 Å². The molecule has 1 amide bonds. The summed E-state index contributed by atoms with van der Waals surface area (Å²) in [5.74, 6) is -0.737. The number of carbonyl (C=O) groups is 1. The largest absolute Gasteiger partial charge is 0.421 e. The molecule has 0 unspecified atom stereocenters. The molecule has 14 heteroatoms. The number of aromatic nitrogens is 3. The van der Waals surface area contributed by atoms with Crippen LogP contribution in [0.5, 0.6) is 0 Å². The Kier molecular flexibility index (Phi) is 6.47. The van der Waals surface area contributed by atoms with Crippen molar-refractivity contribution in [1.29, 1.82) is 0 Å². The highest BCUT2D eigenvalue weighted by atomic mass is 32.2. The van der Waals surface area contributed by atoms with E-state index in [1.807, 2.05) is 0 Å². The molecule has 0 radical (unpaired) electrons. The molecule has 1 aromatic carbocycles. The van der Waals surface area contributed by atoms with Crippen molar-refractivity contribution in [2.45, 2.75) is 26.1 Å². The maximum atomic E-state index is 13.7. The van der Waals surface area contributed by atoms with Crippen molar-refractivity contribution in [3.8, 4) is 0 Å². The van der Waals surface area contributed by atoms with Crippen LogP contribution >= 0.6 is 0 Å². The van der Waals surface area contributed by atoms with E-state index in [1.54, 1.807) is 25.1 Å². The molecule has 0 bridgehead atoms. The van der Waals surface area contributed by atoms with Crippen LogP contribution in [-0.2, 0) is 34.0 Å². The molecule has 36 heavy (non-hydrogen) atoms. The van der Waals surface area contributed by atoms with E-state index in [0.717, 1.165) is 16.1 Å². The van der Waals surface area contributed by atoms with Gasteiger partial charge in [-0.25, -0.2) is 13.4 Å². The normalized spacial score (nSPS) is 13.2. The summed E-state index contributed by atoms with van der Waals surface area (Å²) < 4.78 is 66.2. The number of rotatable bonds is 7. The van der Waals surface area contributed by atoms with Crippen LogP contribution in [0.1, 0.15) is 22.4 Å². The van der Waals surface area contributed by atoms with Gasteiger partial charge in [-0.3, -0.25) is 14.1 Å². The zero-order chi connectivity index (χ0) is 26.3. The Bertz CT molecular complexity index is 1450. The van der Waals surface area contributed by atoms with Crippen LogP contribution in [-0.4, -0.2) is 42.6 Å². The van der Waals surface area contributed by atoms with Gasteiger partial charge in [-0.15, -0.1) is 0 Å². The van der Waals surface area contributed by atoms with Crippen LogP contribution in [0, 0.1) is 6.92 Å². The number of halogens is 3. The van der Waals surface area contributed by atoms with E-state index in [4.69, 9.17) is 0 Å². The van der Waals surface area contributed by atoms with Gasteiger partial charge in [-0.05, 0) is 36.8 Å². The highest BCUT2D eigenvalue weighted by molar-refractivity contribution is 7.92. The number of hydrogen-bond donors (Lipinski definition) is 3. The number of carbonyl (C=O) groups excluding carboxylic acids is 1. The standard InChI is InChI=1S/C22H22F3N7O3S/c1-12-15(18(6-7-26-12)32(2)36(3,34)35)10-27-20-16(22(23,24)25)11-28-21(31-20)29-14-4-5-17-13(8-14)9-19(33)30-17/h4-8,11H,9-10H2,1-3H3,(H,30,33)(H2,27,28,29,31). The number of alkyl halides is 3. The number of pyridine rings is 1. The highest BCUT2D eigenvalue weighted by Gasteiger charge is 2.35. The first-order valence-electron chi connectivity index (χ1n) is 10.6. The molecule has 3 aromatic rings. The summed E-state index contributed by atoms with van der Waals surface area (Å²) in [6.45, 7) is 1.45. The zero-order valence-electron chi connectivity index (χ0n) is 19.4. The third-order valence-corrected chi connectivity index (χ3v) is 6.79. The Morgan fingerprint density at radius 3 is 2.64 bits per heavy atom. The number of nitrogens with zero attached hydrogens (tertiary/aromatic N) is 4. The first-order valence-corrected chi connectivity index (χ1v) is 12.4. The Morgan fingerprint density at radius 1 is 1.19 bits per heavy atom. The van der Waals surface area contributed by atoms with E-state index in [2.05, 4.69) is 30.9 Å². The molecule has 0 atom stereocenters. The van der Waals surface area contributed by atoms with Gasteiger partial charge in [0.15, 0.2) is 0 Å². The van der Waals surface area contributed by atoms with Gasteiger partial charge in [0.2, 0.25) is 21.9 Å². The molecule has 0 aliphatic carbocycles. The van der Waals surface area contributed by atoms with Gasteiger partial charge >= 0.3 is 6.18 Å². The van der Waals surface area contributed by atoms with Crippen LogP contribution in [0.3, 0.4) is 0 Å². The second-order valence-electron chi connectivity index (χ2n) is 8.15. The molecule has 0 fully saturated rings. The number of aryl methyl sites for hydroxylation is 1. The SMILES string of the molecule is Cc1nccc(N(C)S(C)(=O)=O)c1CNc1nc(Nc2ccc3c(c2)CC(=O)N3)ncc1C(F)(F)F. The van der Waals surface area contributed by atoms with Crippen LogP contribution in [0.4, 0.5) is 42.0 Å². The van der Waals surface area contributed by atoms with E-state index in [0.29, 0.717) is 28.8 Å². The molecule has 3 heterocycles. The predicted octanol–water partition coefficient (Wildman–Crippen LogP) is 3.44. The lowest BCUT2D eigenvalue weighted by molar-refractivity contribution is -0.137. The molecule has 0 spiro atoms. The highest BCUT2D eigenvalue weighted by Crippen LogP contribution is 2.35. The average Bonchev–Trinajstić information content (AvgIpc) is 3.15. The summed E-state index contributed by atoms with van der Waals surface area (Å²) in [6.07, 6.45) is -1.44. The van der Waals surface area contributed by atoms with Crippen LogP contribution in [0.15, 0.2) is 36.7 Å². The minimum Gasteiger partial charge on any atom is -0.365 e. The van der Waals surface area contributed by atoms with E-state index >= 15 is 0 Å². The lowest BCUT2D eigenvalue weighted by Crippen LogP contribution is -2.27. The Labute approximate surface area is 205 Å². The number of hydrogen-bond acceptors (Lipinski definition) is 8. The fourth-order valence-corrected chi connectivity index (χ4v) is 4.20. The fraction of sp³-hybridized carbons (Fsp3) is 0.273. The van der Waals surface area contributed by atoms with Gasteiger partial charge in [0.1, 0.15) is 11.4 Å².